The van der Waals surface area contributed by atoms with E-state index in [4.69, 9.17) is 10.2 Å². The first kappa shape index (κ1) is 9.12. The van der Waals surface area contributed by atoms with Gasteiger partial charge in [0.25, 0.3) is 6.43 Å². The number of alkyl halides is 2. The number of halogens is 2. The maximum atomic E-state index is 11.9. The highest BCUT2D eigenvalue weighted by Gasteiger charge is 2.12. The van der Waals surface area contributed by atoms with Crippen molar-refractivity contribution in [1.29, 1.82) is 0 Å². The fourth-order valence-electron chi connectivity index (χ4n) is 0.794. The molecule has 0 bridgehead atoms. The molecule has 0 radical (unpaired) electrons. The number of rotatable bonds is 4. The zero-order valence-corrected chi connectivity index (χ0v) is 6.46. The van der Waals surface area contributed by atoms with Crippen molar-refractivity contribution in [2.24, 2.45) is 5.73 Å². The van der Waals surface area contributed by atoms with Crippen LogP contribution in [-0.2, 0) is 6.42 Å². The molecule has 0 fully saturated rings. The second kappa shape index (κ2) is 4.15. The summed E-state index contributed by atoms with van der Waals surface area (Å²) in [6, 6.07) is 0. The first-order chi connectivity index (χ1) is 5.74. The van der Waals surface area contributed by atoms with Gasteiger partial charge in [0.15, 0.2) is 11.7 Å². The van der Waals surface area contributed by atoms with Crippen molar-refractivity contribution >= 4 is 0 Å². The summed E-state index contributed by atoms with van der Waals surface area (Å²) in [5, 5.41) is 0. The fraction of sp³-hybridized carbons (Fsp3) is 0.571. The largest absolute Gasteiger partial charge is 0.440 e. The van der Waals surface area contributed by atoms with Gasteiger partial charge in [-0.3, -0.25) is 0 Å². The van der Waals surface area contributed by atoms with Gasteiger partial charge in [0.2, 0.25) is 0 Å². The number of nitrogens with zero attached hydrogens (tertiary/aromatic N) is 1. The van der Waals surface area contributed by atoms with Crippen molar-refractivity contribution in [2.75, 3.05) is 6.54 Å². The number of nitrogens with two attached hydrogens (primary N) is 1. The second-order valence-corrected chi connectivity index (χ2v) is 2.35. The minimum atomic E-state index is -2.58. The van der Waals surface area contributed by atoms with Crippen molar-refractivity contribution in [3.8, 4) is 0 Å². The molecule has 0 amide bonds. The zero-order valence-electron chi connectivity index (χ0n) is 6.46. The minimum absolute atomic E-state index is 0.329. The van der Waals surface area contributed by atoms with Crippen LogP contribution >= 0.6 is 0 Å². The topological polar surface area (TPSA) is 52.0 Å². The predicted molar refractivity (Wildman–Crippen MR) is 38.8 cm³/mol. The first-order valence-corrected chi connectivity index (χ1v) is 3.67. The third-order valence-electron chi connectivity index (χ3n) is 1.38. The average Bonchev–Trinajstić information content (AvgIpc) is 2.48. The van der Waals surface area contributed by atoms with E-state index in [2.05, 4.69) is 4.98 Å². The van der Waals surface area contributed by atoms with Gasteiger partial charge in [-0.05, 0) is 13.0 Å². The first-order valence-electron chi connectivity index (χ1n) is 3.67. The predicted octanol–water partition coefficient (Wildman–Crippen LogP) is 1.50. The van der Waals surface area contributed by atoms with Gasteiger partial charge in [-0.2, -0.15) is 0 Å². The van der Waals surface area contributed by atoms with E-state index in [0.717, 1.165) is 6.20 Å². The van der Waals surface area contributed by atoms with Crippen LogP contribution in [0.2, 0.25) is 0 Å². The number of aryl methyl sites for hydroxylation is 1. The summed E-state index contributed by atoms with van der Waals surface area (Å²) in [6.45, 7) is 0.506. The average molecular weight is 176 g/mol. The molecule has 3 nitrogen and oxygen atoms in total. The molecule has 0 atom stereocenters. The summed E-state index contributed by atoms with van der Waals surface area (Å²) in [5.41, 5.74) is 5.23. The van der Waals surface area contributed by atoms with Gasteiger partial charge >= 0.3 is 0 Å². The third-order valence-corrected chi connectivity index (χ3v) is 1.38. The summed E-state index contributed by atoms with van der Waals surface area (Å²) in [6.07, 6.45) is -0.313. The summed E-state index contributed by atoms with van der Waals surface area (Å²) in [7, 11) is 0. The number of aromatic nitrogens is 1. The van der Waals surface area contributed by atoms with Crippen molar-refractivity contribution in [3.05, 3.63) is 17.8 Å². The Hall–Kier alpha value is -0.970. The smallest absolute Gasteiger partial charge is 0.297 e. The molecule has 2 N–H and O–H groups in total. The third kappa shape index (κ3) is 2.27. The molecule has 1 aromatic rings. The normalized spacial score (nSPS) is 11.0. The summed E-state index contributed by atoms with van der Waals surface area (Å²) in [5.74, 6) is -0.0437. The van der Waals surface area contributed by atoms with Crippen LogP contribution in [0, 0.1) is 0 Å². The lowest BCUT2D eigenvalue weighted by molar-refractivity contribution is 0.120. The summed E-state index contributed by atoms with van der Waals surface area (Å²) >= 11 is 0. The second-order valence-electron chi connectivity index (χ2n) is 2.35. The molecule has 0 aliphatic carbocycles. The molecule has 1 heterocycles. The van der Waals surface area contributed by atoms with Crippen LogP contribution in [0.4, 0.5) is 8.78 Å². The molecule has 0 saturated carbocycles. The molecule has 68 valence electrons. The fourth-order valence-corrected chi connectivity index (χ4v) is 0.794. The molecule has 0 aliphatic heterocycles. The van der Waals surface area contributed by atoms with Gasteiger partial charge in [0.05, 0.1) is 6.20 Å². The lowest BCUT2D eigenvalue weighted by Crippen LogP contribution is -2.00. The van der Waals surface area contributed by atoms with E-state index in [1.807, 2.05) is 0 Å². The Kier molecular flexibility index (Phi) is 3.16. The molecule has 12 heavy (non-hydrogen) atoms. The van der Waals surface area contributed by atoms with Gasteiger partial charge in [-0.25, -0.2) is 13.8 Å². The molecule has 1 aromatic heterocycles. The van der Waals surface area contributed by atoms with Crippen LogP contribution < -0.4 is 5.73 Å². The maximum Gasteiger partial charge on any atom is 0.297 e. The molecular formula is C7H10F2N2O. The van der Waals surface area contributed by atoms with Gasteiger partial charge in [0.1, 0.15) is 0 Å². The Labute approximate surface area is 68.6 Å². The van der Waals surface area contributed by atoms with Gasteiger partial charge in [-0.15, -0.1) is 0 Å². The summed E-state index contributed by atoms with van der Waals surface area (Å²) in [4.78, 5) is 3.67. The molecule has 0 spiro atoms. The van der Waals surface area contributed by atoms with Crippen LogP contribution in [-0.4, -0.2) is 11.5 Å². The highest BCUT2D eigenvalue weighted by atomic mass is 19.3. The number of hydrogen-bond donors (Lipinski definition) is 1. The van der Waals surface area contributed by atoms with Crippen molar-refractivity contribution in [2.45, 2.75) is 19.3 Å². The van der Waals surface area contributed by atoms with Crippen LogP contribution in [0.15, 0.2) is 10.6 Å². The molecule has 0 unspecified atom stereocenters. The molecular weight excluding hydrogens is 166 g/mol. The van der Waals surface area contributed by atoms with E-state index in [1.54, 1.807) is 0 Å². The van der Waals surface area contributed by atoms with Crippen molar-refractivity contribution in [1.82, 2.24) is 4.98 Å². The van der Waals surface area contributed by atoms with Crippen molar-refractivity contribution in [3.63, 3.8) is 0 Å². The lowest BCUT2D eigenvalue weighted by atomic mass is 10.3. The number of hydrogen-bond acceptors (Lipinski definition) is 3. The zero-order chi connectivity index (χ0) is 8.97. The Morgan fingerprint density at radius 1 is 1.58 bits per heavy atom. The van der Waals surface area contributed by atoms with Gasteiger partial charge < -0.3 is 10.2 Å². The van der Waals surface area contributed by atoms with Crippen LogP contribution in [0.5, 0.6) is 0 Å². The monoisotopic (exact) mass is 176 g/mol. The lowest BCUT2D eigenvalue weighted by Gasteiger charge is -1.92. The van der Waals surface area contributed by atoms with E-state index in [-0.39, 0.29) is 5.76 Å². The van der Waals surface area contributed by atoms with Gasteiger partial charge in [0, 0.05) is 6.42 Å². The van der Waals surface area contributed by atoms with Crippen LogP contribution in [0.25, 0.3) is 0 Å². The Morgan fingerprint density at radius 2 is 2.33 bits per heavy atom. The van der Waals surface area contributed by atoms with E-state index in [0.29, 0.717) is 25.3 Å². The number of oxazole rings is 1. The molecule has 1 rings (SSSR count). The van der Waals surface area contributed by atoms with Crippen molar-refractivity contribution < 1.29 is 13.2 Å². The highest BCUT2D eigenvalue weighted by Crippen LogP contribution is 2.19. The van der Waals surface area contributed by atoms with Crippen LogP contribution in [0.1, 0.15) is 24.5 Å². The Balaban J connectivity index is 2.52. The highest BCUT2D eigenvalue weighted by molar-refractivity contribution is 4.95. The van der Waals surface area contributed by atoms with E-state index < -0.39 is 6.43 Å². The quantitative estimate of drug-likeness (QED) is 0.756. The molecule has 0 saturated heterocycles. The Bertz CT molecular complexity index is 237. The van der Waals surface area contributed by atoms with E-state index >= 15 is 0 Å². The van der Waals surface area contributed by atoms with Crippen LogP contribution in [0.3, 0.4) is 0 Å². The van der Waals surface area contributed by atoms with Gasteiger partial charge in [-0.1, -0.05) is 0 Å². The molecule has 0 aliphatic rings. The molecule has 5 heteroatoms. The maximum absolute atomic E-state index is 11.9. The van der Waals surface area contributed by atoms with E-state index in [1.165, 1.54) is 0 Å². The Morgan fingerprint density at radius 3 is 2.83 bits per heavy atom. The molecule has 0 aromatic carbocycles. The SMILES string of the molecule is NCCCc1ncc(C(F)F)o1. The minimum Gasteiger partial charge on any atom is -0.440 e. The standard InChI is InChI=1S/C7H10F2N2O/c8-7(9)5-4-11-6(12-5)2-1-3-10/h4,7H,1-3,10H2. The summed E-state index contributed by atoms with van der Waals surface area (Å²) < 4.78 is 28.6. The van der Waals surface area contributed by atoms with E-state index in [9.17, 15) is 8.78 Å².